The van der Waals surface area contributed by atoms with Crippen LogP contribution in [0.3, 0.4) is 0 Å². The van der Waals surface area contributed by atoms with Gasteiger partial charge in [0.05, 0.1) is 11.7 Å². The van der Waals surface area contributed by atoms with Crippen LogP contribution in [0.5, 0.6) is 0 Å². The molecule has 0 unspecified atom stereocenters. The van der Waals surface area contributed by atoms with Gasteiger partial charge in [-0.3, -0.25) is 0 Å². The average Bonchev–Trinajstić information content (AvgIpc) is 2.73. The Balaban J connectivity index is 2.11. The summed E-state index contributed by atoms with van der Waals surface area (Å²) in [4.78, 5) is 11.6. The maximum absolute atomic E-state index is 10.9. The predicted octanol–water partition coefficient (Wildman–Crippen LogP) is 1.64. The number of hydrogen-bond donors (Lipinski definition) is 0. The van der Waals surface area contributed by atoms with Gasteiger partial charge >= 0.3 is 0 Å². The highest BCUT2D eigenvalue weighted by atomic mass is 32.2. The number of rotatable bonds is 4. The molecule has 0 radical (unpaired) electrons. The van der Waals surface area contributed by atoms with E-state index in [-0.39, 0.29) is 5.56 Å². The Hall–Kier alpha value is -1.75. The lowest BCUT2D eigenvalue weighted by Gasteiger charge is -2.08. The van der Waals surface area contributed by atoms with Gasteiger partial charge in [-0.25, -0.2) is 0 Å². The third-order valence-corrected chi connectivity index (χ3v) is 3.27. The second-order valence-electron chi connectivity index (χ2n) is 3.50. The molecule has 17 heavy (non-hydrogen) atoms. The molecule has 0 saturated heterocycles. The number of nitrogens with zero attached hydrogens (tertiary/aromatic N) is 1. The van der Waals surface area contributed by atoms with Crippen molar-refractivity contribution in [2.75, 3.05) is 0 Å². The van der Waals surface area contributed by atoms with E-state index >= 15 is 0 Å². The standard InChI is InChI=1S/C12H11NO3S/c1-8-6-9(13-16-8)7-17-11-5-3-2-4-10(11)12(14)15/h2-6H,7H2,1H3,(H,14,15)/p-1. The summed E-state index contributed by atoms with van der Waals surface area (Å²) in [6, 6.07) is 8.58. The summed E-state index contributed by atoms with van der Waals surface area (Å²) in [7, 11) is 0. The number of benzene rings is 1. The van der Waals surface area contributed by atoms with E-state index in [9.17, 15) is 9.90 Å². The minimum atomic E-state index is -1.16. The molecule has 2 rings (SSSR count). The molecule has 2 aromatic rings. The van der Waals surface area contributed by atoms with Crippen molar-refractivity contribution in [3.8, 4) is 0 Å². The Bertz CT molecular complexity index is 536. The zero-order chi connectivity index (χ0) is 12.3. The van der Waals surface area contributed by atoms with E-state index in [2.05, 4.69) is 5.16 Å². The highest BCUT2D eigenvalue weighted by Gasteiger charge is 2.05. The number of thioether (sulfide) groups is 1. The van der Waals surface area contributed by atoms with E-state index in [4.69, 9.17) is 4.52 Å². The van der Waals surface area contributed by atoms with Crippen molar-refractivity contribution >= 4 is 17.7 Å². The van der Waals surface area contributed by atoms with Crippen LogP contribution in [-0.4, -0.2) is 11.1 Å². The summed E-state index contributed by atoms with van der Waals surface area (Å²) in [6.07, 6.45) is 0. The lowest BCUT2D eigenvalue weighted by atomic mass is 10.2. The molecule has 0 amide bonds. The van der Waals surface area contributed by atoms with Gasteiger partial charge in [0.1, 0.15) is 5.76 Å². The van der Waals surface area contributed by atoms with Gasteiger partial charge in [0.25, 0.3) is 0 Å². The Morgan fingerprint density at radius 2 is 2.24 bits per heavy atom. The molecule has 4 nitrogen and oxygen atoms in total. The number of carboxylic acid groups (broad SMARTS) is 1. The summed E-state index contributed by atoms with van der Waals surface area (Å²) in [5, 5.41) is 14.7. The summed E-state index contributed by atoms with van der Waals surface area (Å²) in [5.41, 5.74) is 0.998. The molecule has 0 saturated carbocycles. The van der Waals surface area contributed by atoms with Crippen LogP contribution in [-0.2, 0) is 5.75 Å². The Labute approximate surface area is 103 Å². The largest absolute Gasteiger partial charge is 0.545 e. The zero-order valence-electron chi connectivity index (χ0n) is 9.17. The van der Waals surface area contributed by atoms with E-state index < -0.39 is 5.97 Å². The normalized spacial score (nSPS) is 10.4. The topological polar surface area (TPSA) is 66.2 Å². The van der Waals surface area contributed by atoms with Gasteiger partial charge in [0, 0.05) is 22.3 Å². The van der Waals surface area contributed by atoms with Crippen LogP contribution in [0.2, 0.25) is 0 Å². The van der Waals surface area contributed by atoms with Gasteiger partial charge in [-0.1, -0.05) is 23.4 Å². The molecular formula is C12H10NO3S-. The number of carbonyl (C=O) groups is 1. The molecule has 0 N–H and O–H groups in total. The van der Waals surface area contributed by atoms with Crippen LogP contribution in [0.15, 0.2) is 39.8 Å². The molecule has 0 spiro atoms. The zero-order valence-corrected chi connectivity index (χ0v) is 9.99. The fourth-order valence-corrected chi connectivity index (χ4v) is 2.32. The Kier molecular flexibility index (Phi) is 3.49. The molecule has 1 aromatic heterocycles. The number of carbonyl (C=O) groups excluding carboxylic acids is 1. The summed E-state index contributed by atoms with van der Waals surface area (Å²) in [6.45, 7) is 1.82. The van der Waals surface area contributed by atoms with Crippen molar-refractivity contribution in [1.82, 2.24) is 5.16 Å². The molecule has 0 aliphatic heterocycles. The summed E-state index contributed by atoms with van der Waals surface area (Å²) in [5.74, 6) is 0.153. The van der Waals surface area contributed by atoms with Crippen LogP contribution in [0.25, 0.3) is 0 Å². The molecule has 0 bridgehead atoms. The Morgan fingerprint density at radius 1 is 1.47 bits per heavy atom. The van der Waals surface area contributed by atoms with Gasteiger partial charge in [0.2, 0.25) is 0 Å². The third-order valence-electron chi connectivity index (χ3n) is 2.16. The molecular weight excluding hydrogens is 238 g/mol. The second-order valence-corrected chi connectivity index (χ2v) is 4.52. The number of aryl methyl sites for hydroxylation is 1. The van der Waals surface area contributed by atoms with Gasteiger partial charge in [-0.15, -0.1) is 11.8 Å². The quantitative estimate of drug-likeness (QED) is 0.769. The average molecular weight is 248 g/mol. The Morgan fingerprint density at radius 3 is 2.88 bits per heavy atom. The summed E-state index contributed by atoms with van der Waals surface area (Å²) < 4.78 is 4.94. The fraction of sp³-hybridized carbons (Fsp3) is 0.167. The lowest BCUT2D eigenvalue weighted by molar-refractivity contribution is -0.255. The van der Waals surface area contributed by atoms with Crippen molar-refractivity contribution in [2.24, 2.45) is 0 Å². The molecule has 0 atom stereocenters. The van der Waals surface area contributed by atoms with Crippen LogP contribution < -0.4 is 5.11 Å². The summed E-state index contributed by atoms with van der Waals surface area (Å²) >= 11 is 1.40. The number of carboxylic acids is 1. The first kappa shape index (κ1) is 11.7. The molecule has 0 aliphatic rings. The van der Waals surface area contributed by atoms with E-state index in [1.54, 1.807) is 18.2 Å². The molecule has 5 heteroatoms. The molecule has 88 valence electrons. The predicted molar refractivity (Wildman–Crippen MR) is 61.6 cm³/mol. The third kappa shape index (κ3) is 2.88. The second kappa shape index (κ2) is 5.05. The number of aromatic carboxylic acids is 1. The van der Waals surface area contributed by atoms with Crippen molar-refractivity contribution in [3.63, 3.8) is 0 Å². The maximum atomic E-state index is 10.9. The monoisotopic (exact) mass is 248 g/mol. The van der Waals surface area contributed by atoms with E-state index in [0.717, 1.165) is 11.5 Å². The van der Waals surface area contributed by atoms with Crippen molar-refractivity contribution in [2.45, 2.75) is 17.6 Å². The van der Waals surface area contributed by atoms with Crippen LogP contribution in [0.1, 0.15) is 21.8 Å². The minimum absolute atomic E-state index is 0.206. The highest BCUT2D eigenvalue weighted by molar-refractivity contribution is 7.98. The van der Waals surface area contributed by atoms with E-state index in [1.807, 2.05) is 13.0 Å². The highest BCUT2D eigenvalue weighted by Crippen LogP contribution is 2.25. The van der Waals surface area contributed by atoms with Crippen molar-refractivity contribution < 1.29 is 14.4 Å². The lowest BCUT2D eigenvalue weighted by Crippen LogP contribution is -2.22. The minimum Gasteiger partial charge on any atom is -0.545 e. The van der Waals surface area contributed by atoms with Crippen LogP contribution >= 0.6 is 11.8 Å². The van der Waals surface area contributed by atoms with Crippen LogP contribution in [0, 0.1) is 6.92 Å². The first-order valence-electron chi connectivity index (χ1n) is 5.02. The molecule has 1 heterocycles. The van der Waals surface area contributed by atoms with Crippen LogP contribution in [0.4, 0.5) is 0 Å². The van der Waals surface area contributed by atoms with Gasteiger partial charge in [-0.05, 0) is 13.0 Å². The molecule has 0 fully saturated rings. The van der Waals surface area contributed by atoms with E-state index in [1.165, 1.54) is 17.8 Å². The van der Waals surface area contributed by atoms with Gasteiger partial charge in [0.15, 0.2) is 0 Å². The number of hydrogen-bond acceptors (Lipinski definition) is 5. The van der Waals surface area contributed by atoms with Crippen molar-refractivity contribution in [1.29, 1.82) is 0 Å². The first-order valence-corrected chi connectivity index (χ1v) is 6.01. The molecule has 1 aromatic carbocycles. The van der Waals surface area contributed by atoms with E-state index in [0.29, 0.717) is 10.6 Å². The van der Waals surface area contributed by atoms with Gasteiger partial charge in [-0.2, -0.15) is 0 Å². The smallest absolute Gasteiger partial charge is 0.133 e. The number of aromatic nitrogens is 1. The van der Waals surface area contributed by atoms with Crippen molar-refractivity contribution in [3.05, 3.63) is 47.3 Å². The van der Waals surface area contributed by atoms with Gasteiger partial charge < -0.3 is 14.4 Å². The first-order chi connectivity index (χ1) is 8.16. The SMILES string of the molecule is Cc1cc(CSc2ccccc2C(=O)[O-])no1. The fourth-order valence-electron chi connectivity index (χ4n) is 1.40. The molecule has 0 aliphatic carbocycles. The maximum Gasteiger partial charge on any atom is 0.133 e.